The third-order valence-electron chi connectivity index (χ3n) is 5.90. The van der Waals surface area contributed by atoms with Gasteiger partial charge in [0.2, 0.25) is 0 Å². The van der Waals surface area contributed by atoms with Crippen molar-refractivity contribution in [2.45, 2.75) is 34.1 Å². The first kappa shape index (κ1) is 22.3. The number of ether oxygens (including phenoxy) is 1. The molecule has 0 aliphatic rings. The van der Waals surface area contributed by atoms with E-state index in [-0.39, 0.29) is 12.5 Å². The number of carbonyl (C=O) groups is 1. The quantitative estimate of drug-likeness (QED) is 0.299. The van der Waals surface area contributed by atoms with Crippen molar-refractivity contribution in [1.29, 1.82) is 0 Å². The number of para-hydroxylation sites is 1. The largest absolute Gasteiger partial charge is 0.483 e. The number of amides is 1. The highest BCUT2D eigenvalue weighted by molar-refractivity contribution is 5.89. The zero-order valence-electron chi connectivity index (χ0n) is 19.6. The first-order valence-corrected chi connectivity index (χ1v) is 11.2. The van der Waals surface area contributed by atoms with Crippen LogP contribution in [0.2, 0.25) is 0 Å². The maximum atomic E-state index is 12.3. The summed E-state index contributed by atoms with van der Waals surface area (Å²) in [5, 5.41) is 6.22. The molecule has 1 aromatic heterocycles. The van der Waals surface area contributed by atoms with E-state index in [1.165, 1.54) is 16.8 Å². The van der Waals surface area contributed by atoms with Crippen LogP contribution in [0.25, 0.3) is 16.5 Å². The highest BCUT2D eigenvalue weighted by atomic mass is 16.5. The average molecular weight is 440 g/mol. The molecule has 0 saturated carbocycles. The van der Waals surface area contributed by atoms with Gasteiger partial charge in [-0.3, -0.25) is 4.79 Å². The molecule has 5 nitrogen and oxygen atoms in total. The van der Waals surface area contributed by atoms with Gasteiger partial charge in [-0.2, -0.15) is 5.10 Å². The average Bonchev–Trinajstić information content (AvgIpc) is 3.10. The smallest absolute Gasteiger partial charge is 0.277 e. The van der Waals surface area contributed by atoms with Crippen LogP contribution in [0.3, 0.4) is 0 Å². The van der Waals surface area contributed by atoms with Gasteiger partial charge in [0.25, 0.3) is 5.91 Å². The van der Waals surface area contributed by atoms with Crippen LogP contribution in [0, 0.1) is 20.8 Å². The predicted octanol–water partition coefficient (Wildman–Crippen LogP) is 5.65. The number of benzene rings is 3. The molecule has 0 radical (unpaired) electrons. The van der Waals surface area contributed by atoms with E-state index in [4.69, 9.17) is 4.74 Å². The first-order chi connectivity index (χ1) is 16.0. The maximum absolute atomic E-state index is 12.3. The fraction of sp³-hybridized carbons (Fsp3) is 0.214. The van der Waals surface area contributed by atoms with Crippen LogP contribution in [0.5, 0.6) is 5.75 Å². The summed E-state index contributed by atoms with van der Waals surface area (Å²) < 4.78 is 8.00. The fourth-order valence-electron chi connectivity index (χ4n) is 4.26. The third kappa shape index (κ3) is 4.67. The van der Waals surface area contributed by atoms with E-state index >= 15 is 0 Å². The van der Waals surface area contributed by atoms with Crippen LogP contribution in [0.4, 0.5) is 0 Å². The molecule has 0 unspecified atom stereocenters. The Morgan fingerprint density at radius 1 is 1.03 bits per heavy atom. The van der Waals surface area contributed by atoms with Crippen LogP contribution < -0.4 is 10.2 Å². The Labute approximate surface area is 194 Å². The van der Waals surface area contributed by atoms with Gasteiger partial charge in [-0.05, 0) is 55.8 Å². The zero-order valence-corrected chi connectivity index (χ0v) is 19.6. The Kier molecular flexibility index (Phi) is 6.59. The van der Waals surface area contributed by atoms with Crippen LogP contribution in [-0.4, -0.2) is 23.3 Å². The molecule has 1 N–H and O–H groups in total. The number of carbonyl (C=O) groups excluding carboxylic acids is 1. The molecular weight excluding hydrogens is 410 g/mol. The van der Waals surface area contributed by atoms with Gasteiger partial charge in [0.1, 0.15) is 5.75 Å². The molecule has 3 aromatic carbocycles. The number of fused-ring (bicyclic) bond motifs is 1. The Hall–Kier alpha value is -3.86. The lowest BCUT2D eigenvalue weighted by molar-refractivity contribution is -0.123. The number of nitrogens with zero attached hydrogens (tertiary/aromatic N) is 2. The van der Waals surface area contributed by atoms with Crippen LogP contribution >= 0.6 is 0 Å². The lowest BCUT2D eigenvalue weighted by Gasteiger charge is -2.17. The van der Waals surface area contributed by atoms with Gasteiger partial charge in [-0.1, -0.05) is 61.5 Å². The summed E-state index contributed by atoms with van der Waals surface area (Å²) in [6.45, 7) is 8.37. The minimum atomic E-state index is -0.305. The zero-order chi connectivity index (χ0) is 23.4. The summed E-state index contributed by atoms with van der Waals surface area (Å²) >= 11 is 0. The van der Waals surface area contributed by atoms with Crippen molar-refractivity contribution in [3.8, 4) is 11.4 Å². The van der Waals surface area contributed by atoms with Crippen molar-refractivity contribution in [3.05, 3.63) is 94.8 Å². The van der Waals surface area contributed by atoms with E-state index in [1.54, 1.807) is 6.21 Å². The molecule has 168 valence electrons. The molecule has 0 atom stereocenters. The Morgan fingerprint density at radius 2 is 1.79 bits per heavy atom. The molecule has 0 aliphatic carbocycles. The predicted molar refractivity (Wildman–Crippen MR) is 135 cm³/mol. The molecule has 0 saturated heterocycles. The van der Waals surface area contributed by atoms with E-state index in [9.17, 15) is 4.79 Å². The highest BCUT2D eigenvalue weighted by Crippen LogP contribution is 2.27. The van der Waals surface area contributed by atoms with Gasteiger partial charge in [0, 0.05) is 22.3 Å². The molecule has 5 heteroatoms. The van der Waals surface area contributed by atoms with Crippen molar-refractivity contribution in [2.75, 3.05) is 6.61 Å². The van der Waals surface area contributed by atoms with Crippen molar-refractivity contribution in [3.63, 3.8) is 0 Å². The normalized spacial score (nSPS) is 11.3. The second-order valence-corrected chi connectivity index (χ2v) is 8.16. The molecule has 4 aromatic rings. The minimum absolute atomic E-state index is 0.104. The van der Waals surface area contributed by atoms with Gasteiger partial charge in [0.05, 0.1) is 11.9 Å². The van der Waals surface area contributed by atoms with E-state index in [2.05, 4.69) is 67.1 Å². The third-order valence-corrected chi connectivity index (χ3v) is 5.90. The number of rotatable bonds is 7. The summed E-state index contributed by atoms with van der Waals surface area (Å²) in [5.41, 5.74) is 9.52. The molecule has 4 rings (SSSR count). The molecule has 1 amide bonds. The fourth-order valence-corrected chi connectivity index (χ4v) is 4.26. The van der Waals surface area contributed by atoms with Crippen molar-refractivity contribution >= 4 is 22.9 Å². The second kappa shape index (κ2) is 9.74. The topological polar surface area (TPSA) is 55.6 Å². The molecule has 0 fully saturated rings. The van der Waals surface area contributed by atoms with Gasteiger partial charge in [-0.15, -0.1) is 0 Å². The van der Waals surface area contributed by atoms with Crippen LogP contribution in [0.15, 0.2) is 71.8 Å². The molecular formula is C28H29N3O2. The van der Waals surface area contributed by atoms with E-state index in [0.717, 1.165) is 34.1 Å². The van der Waals surface area contributed by atoms with Gasteiger partial charge < -0.3 is 9.30 Å². The SMILES string of the molecule is CCc1cccc(C)c1-n1c(C)cc(/C=N/NC(=O)COc2cccc3ccccc23)c1C. The number of nitrogens with one attached hydrogen (secondary N) is 1. The lowest BCUT2D eigenvalue weighted by Crippen LogP contribution is -2.24. The molecule has 33 heavy (non-hydrogen) atoms. The summed E-state index contributed by atoms with van der Waals surface area (Å²) in [5.74, 6) is 0.376. The Bertz CT molecular complexity index is 1330. The van der Waals surface area contributed by atoms with Crippen molar-refractivity contribution < 1.29 is 9.53 Å². The van der Waals surface area contributed by atoms with Crippen molar-refractivity contribution in [2.24, 2.45) is 5.10 Å². The highest BCUT2D eigenvalue weighted by Gasteiger charge is 2.14. The summed E-state index contributed by atoms with van der Waals surface area (Å²) in [6, 6.07) is 22.2. The second-order valence-electron chi connectivity index (χ2n) is 8.16. The lowest BCUT2D eigenvalue weighted by atomic mass is 10.1. The Morgan fingerprint density at radius 3 is 2.61 bits per heavy atom. The molecule has 0 aliphatic heterocycles. The standard InChI is InChI=1S/C28H29N3O2/c1-5-22-12-8-10-19(2)28(22)31-20(3)16-24(21(31)4)17-29-30-27(32)18-33-26-15-9-13-23-11-6-7-14-25(23)26/h6-17H,5,18H2,1-4H3,(H,30,32)/b29-17+. The number of hydrogen-bond donors (Lipinski definition) is 1. The van der Waals surface area contributed by atoms with Gasteiger partial charge in [-0.25, -0.2) is 5.43 Å². The molecule has 1 heterocycles. The molecule has 0 bridgehead atoms. The van der Waals surface area contributed by atoms with E-state index in [0.29, 0.717) is 5.75 Å². The summed E-state index contributed by atoms with van der Waals surface area (Å²) in [7, 11) is 0. The molecule has 0 spiro atoms. The number of aryl methyl sites for hydroxylation is 3. The minimum Gasteiger partial charge on any atom is -0.483 e. The van der Waals surface area contributed by atoms with Crippen LogP contribution in [-0.2, 0) is 11.2 Å². The monoisotopic (exact) mass is 439 g/mol. The van der Waals surface area contributed by atoms with Crippen molar-refractivity contribution in [1.82, 2.24) is 9.99 Å². The number of aromatic nitrogens is 1. The van der Waals surface area contributed by atoms with E-state index < -0.39 is 0 Å². The van der Waals surface area contributed by atoms with Crippen LogP contribution in [0.1, 0.15) is 35.0 Å². The Balaban J connectivity index is 1.45. The first-order valence-electron chi connectivity index (χ1n) is 11.2. The number of hydrogen-bond acceptors (Lipinski definition) is 3. The van der Waals surface area contributed by atoms with E-state index in [1.807, 2.05) is 42.5 Å². The summed E-state index contributed by atoms with van der Waals surface area (Å²) in [6.07, 6.45) is 2.66. The maximum Gasteiger partial charge on any atom is 0.277 e. The summed E-state index contributed by atoms with van der Waals surface area (Å²) in [4.78, 5) is 12.3. The van der Waals surface area contributed by atoms with Gasteiger partial charge >= 0.3 is 0 Å². The van der Waals surface area contributed by atoms with Gasteiger partial charge in [0.15, 0.2) is 6.61 Å². The number of hydrazone groups is 1.